The molecule has 0 aliphatic heterocycles. The molecule has 102 valence electrons. The molecular formula is C20H22. The molecule has 4 rings (SSSR count). The molecule has 1 fully saturated rings. The van der Waals surface area contributed by atoms with Crippen molar-refractivity contribution >= 4 is 0 Å². The van der Waals surface area contributed by atoms with Gasteiger partial charge in [-0.05, 0) is 53.4 Å². The Labute approximate surface area is 121 Å². The maximum atomic E-state index is 2.42. The van der Waals surface area contributed by atoms with E-state index in [1.807, 2.05) is 0 Å². The van der Waals surface area contributed by atoms with Gasteiger partial charge in [-0.15, -0.1) is 0 Å². The molecule has 2 aliphatic carbocycles. The van der Waals surface area contributed by atoms with Crippen LogP contribution in [0.2, 0.25) is 0 Å². The zero-order valence-corrected chi connectivity index (χ0v) is 12.4. The highest BCUT2D eigenvalue weighted by Gasteiger charge is 2.46. The molecule has 2 aliphatic rings. The van der Waals surface area contributed by atoms with Gasteiger partial charge in [0.15, 0.2) is 0 Å². The first-order chi connectivity index (χ1) is 9.62. The van der Waals surface area contributed by atoms with Crippen LogP contribution in [0.4, 0.5) is 0 Å². The maximum Gasteiger partial charge on any atom is 0.0215 e. The van der Waals surface area contributed by atoms with Gasteiger partial charge in [-0.1, -0.05) is 62.4 Å². The standard InChI is InChI=1S/C20H22/c1-19(2)11-13-20(14-12-19)17-9-5-3-7-15(17)16-8-4-6-10-18(16)20/h3-10H,11-14H2,1-2H3. The molecule has 0 saturated heterocycles. The highest BCUT2D eigenvalue weighted by atomic mass is 14.5. The monoisotopic (exact) mass is 262 g/mol. The number of hydrogen-bond donors (Lipinski definition) is 0. The topological polar surface area (TPSA) is 0 Å². The van der Waals surface area contributed by atoms with Gasteiger partial charge in [0.1, 0.15) is 0 Å². The molecule has 1 spiro atoms. The summed E-state index contributed by atoms with van der Waals surface area (Å²) in [5, 5.41) is 0. The molecule has 0 atom stereocenters. The first kappa shape index (κ1) is 12.2. The number of benzene rings is 2. The molecule has 0 nitrogen and oxygen atoms in total. The van der Waals surface area contributed by atoms with Crippen LogP contribution in [-0.4, -0.2) is 0 Å². The molecule has 0 amide bonds. The van der Waals surface area contributed by atoms with Crippen molar-refractivity contribution in [3.05, 3.63) is 59.7 Å². The summed E-state index contributed by atoms with van der Waals surface area (Å²) in [6.07, 6.45) is 5.26. The van der Waals surface area contributed by atoms with Gasteiger partial charge in [-0.3, -0.25) is 0 Å². The largest absolute Gasteiger partial charge is 0.0619 e. The van der Waals surface area contributed by atoms with E-state index in [0.717, 1.165) is 0 Å². The summed E-state index contributed by atoms with van der Waals surface area (Å²) >= 11 is 0. The Hall–Kier alpha value is -1.56. The summed E-state index contributed by atoms with van der Waals surface area (Å²) in [5.74, 6) is 0. The van der Waals surface area contributed by atoms with Gasteiger partial charge in [-0.2, -0.15) is 0 Å². The molecular weight excluding hydrogens is 240 g/mol. The normalized spacial score (nSPS) is 21.5. The van der Waals surface area contributed by atoms with Gasteiger partial charge < -0.3 is 0 Å². The third-order valence-corrected chi connectivity index (χ3v) is 5.63. The molecule has 0 radical (unpaired) electrons. The van der Waals surface area contributed by atoms with E-state index in [4.69, 9.17) is 0 Å². The number of rotatable bonds is 0. The Morgan fingerprint density at radius 3 is 1.60 bits per heavy atom. The van der Waals surface area contributed by atoms with E-state index < -0.39 is 0 Å². The van der Waals surface area contributed by atoms with Gasteiger partial charge in [0.05, 0.1) is 0 Å². The highest BCUT2D eigenvalue weighted by molar-refractivity contribution is 5.81. The summed E-state index contributed by atoms with van der Waals surface area (Å²) in [4.78, 5) is 0. The smallest absolute Gasteiger partial charge is 0.0215 e. The third-order valence-electron chi connectivity index (χ3n) is 5.63. The van der Waals surface area contributed by atoms with Crippen molar-refractivity contribution in [1.29, 1.82) is 0 Å². The lowest BCUT2D eigenvalue weighted by Gasteiger charge is -2.42. The van der Waals surface area contributed by atoms with E-state index >= 15 is 0 Å². The van der Waals surface area contributed by atoms with Crippen LogP contribution in [-0.2, 0) is 5.41 Å². The molecule has 1 saturated carbocycles. The van der Waals surface area contributed by atoms with Crippen LogP contribution in [0.25, 0.3) is 11.1 Å². The summed E-state index contributed by atoms with van der Waals surface area (Å²) in [7, 11) is 0. The van der Waals surface area contributed by atoms with E-state index in [9.17, 15) is 0 Å². The van der Waals surface area contributed by atoms with Gasteiger partial charge in [0.25, 0.3) is 0 Å². The first-order valence-electron chi connectivity index (χ1n) is 7.82. The molecule has 0 heteroatoms. The minimum atomic E-state index is 0.294. The number of fused-ring (bicyclic) bond motifs is 5. The van der Waals surface area contributed by atoms with E-state index in [1.165, 1.54) is 36.8 Å². The number of hydrogen-bond acceptors (Lipinski definition) is 0. The second-order valence-electron chi connectivity index (χ2n) is 7.34. The van der Waals surface area contributed by atoms with Crippen molar-refractivity contribution < 1.29 is 0 Å². The zero-order valence-electron chi connectivity index (χ0n) is 12.4. The van der Waals surface area contributed by atoms with Crippen molar-refractivity contribution in [1.82, 2.24) is 0 Å². The Morgan fingerprint density at radius 2 is 1.10 bits per heavy atom. The van der Waals surface area contributed by atoms with Gasteiger partial charge in [0.2, 0.25) is 0 Å². The minimum Gasteiger partial charge on any atom is -0.0619 e. The highest BCUT2D eigenvalue weighted by Crippen LogP contribution is 2.58. The van der Waals surface area contributed by atoms with Crippen LogP contribution in [0.3, 0.4) is 0 Å². The first-order valence-corrected chi connectivity index (χ1v) is 7.82. The van der Waals surface area contributed by atoms with Crippen molar-refractivity contribution in [2.75, 3.05) is 0 Å². The Balaban J connectivity index is 1.92. The van der Waals surface area contributed by atoms with Crippen molar-refractivity contribution in [2.45, 2.75) is 44.9 Å². The molecule has 2 aromatic carbocycles. The minimum absolute atomic E-state index is 0.294. The average molecular weight is 262 g/mol. The van der Waals surface area contributed by atoms with Crippen molar-refractivity contribution in [2.24, 2.45) is 5.41 Å². The van der Waals surface area contributed by atoms with Crippen LogP contribution >= 0.6 is 0 Å². The van der Waals surface area contributed by atoms with Crippen LogP contribution in [0.15, 0.2) is 48.5 Å². The van der Waals surface area contributed by atoms with Crippen molar-refractivity contribution in [3.63, 3.8) is 0 Å². The summed E-state index contributed by atoms with van der Waals surface area (Å²) in [6, 6.07) is 18.1. The fourth-order valence-corrected chi connectivity index (χ4v) is 4.31. The average Bonchev–Trinajstić information content (AvgIpc) is 2.74. The Kier molecular flexibility index (Phi) is 2.42. The van der Waals surface area contributed by atoms with Crippen LogP contribution in [0.5, 0.6) is 0 Å². The predicted octanol–water partition coefficient (Wildman–Crippen LogP) is 5.55. The molecule has 20 heavy (non-hydrogen) atoms. The third kappa shape index (κ3) is 1.54. The summed E-state index contributed by atoms with van der Waals surface area (Å²) in [6.45, 7) is 4.85. The fourth-order valence-electron chi connectivity index (χ4n) is 4.31. The molecule has 0 heterocycles. The predicted molar refractivity (Wildman–Crippen MR) is 84.9 cm³/mol. The molecule has 2 aromatic rings. The van der Waals surface area contributed by atoms with E-state index in [1.54, 1.807) is 11.1 Å². The lowest BCUT2D eigenvalue weighted by atomic mass is 9.61. The van der Waals surface area contributed by atoms with Gasteiger partial charge in [-0.25, -0.2) is 0 Å². The quantitative estimate of drug-likeness (QED) is 0.583. The van der Waals surface area contributed by atoms with Gasteiger partial charge >= 0.3 is 0 Å². The second kappa shape index (κ2) is 3.97. The SMILES string of the molecule is CC1(C)CCC2(CC1)c1ccccc1-c1ccccc12. The van der Waals surface area contributed by atoms with E-state index in [0.29, 0.717) is 10.8 Å². The van der Waals surface area contributed by atoms with E-state index in [2.05, 4.69) is 62.4 Å². The summed E-state index contributed by atoms with van der Waals surface area (Å²) in [5.41, 5.74) is 6.92. The fraction of sp³-hybridized carbons (Fsp3) is 0.400. The van der Waals surface area contributed by atoms with Crippen molar-refractivity contribution in [3.8, 4) is 11.1 Å². The molecule has 0 unspecified atom stereocenters. The summed E-state index contributed by atoms with van der Waals surface area (Å²) < 4.78 is 0. The Morgan fingerprint density at radius 1 is 0.650 bits per heavy atom. The van der Waals surface area contributed by atoms with Gasteiger partial charge in [0, 0.05) is 5.41 Å². The van der Waals surface area contributed by atoms with Crippen LogP contribution in [0.1, 0.15) is 50.7 Å². The Bertz CT molecular complexity index is 606. The molecule has 0 aromatic heterocycles. The molecule has 0 bridgehead atoms. The van der Waals surface area contributed by atoms with Crippen LogP contribution < -0.4 is 0 Å². The maximum absolute atomic E-state index is 2.42. The zero-order chi connectivity index (χ0) is 13.8. The van der Waals surface area contributed by atoms with Crippen LogP contribution in [0, 0.1) is 5.41 Å². The second-order valence-corrected chi connectivity index (χ2v) is 7.34. The van der Waals surface area contributed by atoms with E-state index in [-0.39, 0.29) is 0 Å². The lowest BCUT2D eigenvalue weighted by molar-refractivity contribution is 0.188. The molecule has 0 N–H and O–H groups in total. The lowest BCUT2D eigenvalue weighted by Crippen LogP contribution is -2.34.